The van der Waals surface area contributed by atoms with Gasteiger partial charge in [0.25, 0.3) is 0 Å². The predicted octanol–water partition coefficient (Wildman–Crippen LogP) is -1.82. The number of hydrogen-bond acceptors (Lipinski definition) is 5. The molecular weight excluding hydrogens is 321 g/mol. The molecule has 2 heterocycles. The molecule has 0 atom stereocenters. The van der Waals surface area contributed by atoms with Crippen molar-refractivity contribution < 1.29 is 38.4 Å². The highest BCUT2D eigenvalue weighted by Crippen LogP contribution is 2.28. The van der Waals surface area contributed by atoms with Gasteiger partial charge in [0.15, 0.2) is 12.4 Å². The molecule has 0 unspecified atom stereocenters. The van der Waals surface area contributed by atoms with E-state index in [1.807, 2.05) is 41.1 Å². The first-order valence-corrected chi connectivity index (χ1v) is 7.19. The zero-order valence-corrected chi connectivity index (χ0v) is 11.9. The Kier molecular flexibility index (Phi) is 4.48. The summed E-state index contributed by atoms with van der Waals surface area (Å²) in [7, 11) is -4.94. The summed E-state index contributed by atoms with van der Waals surface area (Å²) in [5.41, 5.74) is 1.08. The molecule has 110 valence electrons. The lowest BCUT2D eigenvalue weighted by atomic mass is 10.1. The maximum atomic E-state index is 9.55. The lowest BCUT2D eigenvalue weighted by Crippen LogP contribution is -2.68. The third-order valence-electron chi connectivity index (χ3n) is 2.66. The summed E-state index contributed by atoms with van der Waals surface area (Å²) in [5, 5.41) is 11.9. The Morgan fingerprint density at radius 2 is 1.67 bits per heavy atom. The van der Waals surface area contributed by atoms with Gasteiger partial charge in [0.05, 0.1) is 5.02 Å². The monoisotopic (exact) mass is 329 g/mol. The summed E-state index contributed by atoms with van der Waals surface area (Å²) in [5.74, 6) is 0.120. The molecule has 0 aliphatic rings. The normalized spacial score (nSPS) is 11.3. The number of rotatable bonds is 0. The SMILES string of the molecule is Oc1cc2cc3cccc[n+]3cc2cc1Cl.[O-][Cl+3]([O-])([O-])[O-]. The van der Waals surface area contributed by atoms with Gasteiger partial charge in [-0.15, -0.1) is 10.2 Å². The Morgan fingerprint density at radius 3 is 2.33 bits per heavy atom. The van der Waals surface area contributed by atoms with Crippen LogP contribution in [0.3, 0.4) is 0 Å². The molecule has 0 saturated carbocycles. The van der Waals surface area contributed by atoms with E-state index in [0.717, 1.165) is 16.3 Å². The lowest BCUT2D eigenvalue weighted by molar-refractivity contribution is -2.00. The maximum absolute atomic E-state index is 9.55. The first-order valence-electron chi connectivity index (χ1n) is 5.58. The van der Waals surface area contributed by atoms with Crippen LogP contribution in [0, 0.1) is 10.2 Å². The van der Waals surface area contributed by atoms with Crippen LogP contribution < -0.4 is 23.0 Å². The molecule has 6 nitrogen and oxygen atoms in total. The first kappa shape index (κ1) is 15.7. The smallest absolute Gasteiger partial charge is 0.211 e. The fourth-order valence-electron chi connectivity index (χ4n) is 1.85. The average molecular weight is 330 g/mol. The van der Waals surface area contributed by atoms with E-state index in [-0.39, 0.29) is 5.75 Å². The van der Waals surface area contributed by atoms with Crippen LogP contribution in [-0.4, -0.2) is 5.11 Å². The van der Waals surface area contributed by atoms with Crippen molar-refractivity contribution >= 4 is 27.9 Å². The topological polar surface area (TPSA) is 117 Å². The van der Waals surface area contributed by atoms with Crippen LogP contribution in [0.25, 0.3) is 16.3 Å². The average Bonchev–Trinajstić information content (AvgIpc) is 2.36. The summed E-state index contributed by atoms with van der Waals surface area (Å²) < 4.78 is 36.0. The number of nitrogens with zero attached hydrogens (tertiary/aromatic N) is 1. The van der Waals surface area contributed by atoms with Gasteiger partial charge in [0, 0.05) is 23.6 Å². The quantitative estimate of drug-likeness (QED) is 0.385. The highest BCUT2D eigenvalue weighted by atomic mass is 35.7. The van der Waals surface area contributed by atoms with E-state index in [2.05, 4.69) is 0 Å². The largest absolute Gasteiger partial charge is 0.506 e. The molecule has 0 spiro atoms. The molecule has 0 saturated heterocycles. The summed E-state index contributed by atoms with van der Waals surface area (Å²) >= 11 is 5.88. The molecule has 1 aromatic carbocycles. The third kappa shape index (κ3) is 4.40. The number of fused-ring (bicyclic) bond motifs is 2. The number of phenolic OH excluding ortho intramolecular Hbond substituents is 1. The molecule has 0 fully saturated rings. The molecule has 3 rings (SSSR count). The predicted molar refractivity (Wildman–Crippen MR) is 63.8 cm³/mol. The Labute approximate surface area is 126 Å². The van der Waals surface area contributed by atoms with Gasteiger partial charge in [-0.05, 0) is 23.6 Å². The zero-order chi connectivity index (χ0) is 15.6. The number of halogens is 2. The van der Waals surface area contributed by atoms with Gasteiger partial charge < -0.3 is 5.11 Å². The first-order chi connectivity index (χ1) is 9.74. The molecule has 0 amide bonds. The van der Waals surface area contributed by atoms with Crippen molar-refractivity contribution in [2.75, 3.05) is 0 Å². The number of benzene rings is 1. The van der Waals surface area contributed by atoms with Gasteiger partial charge in [0.1, 0.15) is 5.75 Å². The van der Waals surface area contributed by atoms with Crippen LogP contribution in [-0.2, 0) is 0 Å². The van der Waals surface area contributed by atoms with Crippen LogP contribution in [0.4, 0.5) is 0 Å². The van der Waals surface area contributed by atoms with E-state index in [4.69, 9.17) is 30.2 Å². The highest BCUT2D eigenvalue weighted by molar-refractivity contribution is 6.32. The van der Waals surface area contributed by atoms with Gasteiger partial charge in [-0.25, -0.2) is 18.6 Å². The Hall–Kier alpha value is -1.67. The van der Waals surface area contributed by atoms with Gasteiger partial charge in [0.2, 0.25) is 5.52 Å². The van der Waals surface area contributed by atoms with Crippen molar-refractivity contribution in [1.29, 1.82) is 0 Å². The summed E-state index contributed by atoms with van der Waals surface area (Å²) in [6.45, 7) is 0. The number of hydrogen-bond donors (Lipinski definition) is 1. The second-order valence-corrected chi connectivity index (χ2v) is 5.28. The second-order valence-electron chi connectivity index (χ2n) is 4.12. The number of aromatic hydroxyl groups is 1. The van der Waals surface area contributed by atoms with E-state index in [1.165, 1.54) is 0 Å². The summed E-state index contributed by atoms with van der Waals surface area (Å²) in [6.07, 6.45) is 3.98. The lowest BCUT2D eigenvalue weighted by Gasteiger charge is -2.17. The number of pyridine rings is 2. The minimum atomic E-state index is -4.94. The second kappa shape index (κ2) is 5.98. The van der Waals surface area contributed by atoms with Crippen LogP contribution in [0.1, 0.15) is 0 Å². The van der Waals surface area contributed by atoms with Crippen LogP contribution >= 0.6 is 11.6 Å². The zero-order valence-electron chi connectivity index (χ0n) is 10.4. The minimum Gasteiger partial charge on any atom is -0.506 e. The summed E-state index contributed by atoms with van der Waals surface area (Å²) in [4.78, 5) is 0. The fraction of sp³-hybridized carbons (Fsp3) is 0. The van der Waals surface area contributed by atoms with Crippen molar-refractivity contribution in [2.45, 2.75) is 0 Å². The van der Waals surface area contributed by atoms with Crippen molar-refractivity contribution in [3.8, 4) is 5.75 Å². The molecular formula is C13H9Cl2NO5. The standard InChI is InChI=1S/C13H8ClNO.ClHO4/c14-12-6-10-8-15-4-2-1-3-11(15)5-9(10)7-13(12)16;2-1(3,4)5/h1-8H;(H,2,3,4,5). The van der Waals surface area contributed by atoms with Gasteiger partial charge in [-0.2, -0.15) is 4.40 Å². The van der Waals surface area contributed by atoms with Crippen LogP contribution in [0.2, 0.25) is 5.02 Å². The molecule has 3 aromatic rings. The highest BCUT2D eigenvalue weighted by Gasteiger charge is 2.07. The third-order valence-corrected chi connectivity index (χ3v) is 2.96. The Bertz CT molecular complexity index is 722. The van der Waals surface area contributed by atoms with Crippen molar-refractivity contribution in [3.05, 3.63) is 53.8 Å². The number of aromatic nitrogens is 1. The maximum Gasteiger partial charge on any atom is 0.211 e. The molecule has 1 N–H and O–H groups in total. The summed E-state index contributed by atoms with van der Waals surface area (Å²) in [6, 6.07) is 11.4. The molecule has 0 aliphatic heterocycles. The van der Waals surface area contributed by atoms with Crippen molar-refractivity contribution in [2.24, 2.45) is 0 Å². The Balaban J connectivity index is 0.000000282. The van der Waals surface area contributed by atoms with Gasteiger partial charge in [-0.3, -0.25) is 0 Å². The molecule has 2 aromatic heterocycles. The Morgan fingerprint density at radius 1 is 1.00 bits per heavy atom. The fourth-order valence-corrected chi connectivity index (χ4v) is 2.02. The number of phenols is 1. The van der Waals surface area contributed by atoms with Crippen molar-refractivity contribution in [1.82, 2.24) is 0 Å². The van der Waals surface area contributed by atoms with E-state index in [1.54, 1.807) is 12.1 Å². The van der Waals surface area contributed by atoms with Gasteiger partial charge >= 0.3 is 0 Å². The minimum absolute atomic E-state index is 0.120. The van der Waals surface area contributed by atoms with E-state index < -0.39 is 10.2 Å². The van der Waals surface area contributed by atoms with Crippen LogP contribution in [0.5, 0.6) is 5.75 Å². The molecule has 0 radical (unpaired) electrons. The van der Waals surface area contributed by atoms with Crippen molar-refractivity contribution in [3.63, 3.8) is 0 Å². The molecule has 0 aliphatic carbocycles. The molecule has 21 heavy (non-hydrogen) atoms. The van der Waals surface area contributed by atoms with E-state index in [0.29, 0.717) is 5.02 Å². The van der Waals surface area contributed by atoms with E-state index >= 15 is 0 Å². The van der Waals surface area contributed by atoms with E-state index in [9.17, 15) is 5.11 Å². The molecule has 0 bridgehead atoms. The van der Waals surface area contributed by atoms with Crippen LogP contribution in [0.15, 0.2) is 48.8 Å². The molecule has 8 heteroatoms. The van der Waals surface area contributed by atoms with Gasteiger partial charge in [-0.1, -0.05) is 11.6 Å².